The Morgan fingerprint density at radius 3 is 2.81 bits per heavy atom. The molecule has 1 unspecified atom stereocenters. The fourth-order valence-electron chi connectivity index (χ4n) is 2.55. The summed E-state index contributed by atoms with van der Waals surface area (Å²) in [6.45, 7) is 3.92. The van der Waals surface area contributed by atoms with E-state index in [0.29, 0.717) is 5.91 Å². The third-order valence-electron chi connectivity index (χ3n) is 4.02. The van der Waals surface area contributed by atoms with E-state index in [9.17, 15) is 4.79 Å². The van der Waals surface area contributed by atoms with E-state index in [0.717, 1.165) is 32.0 Å². The van der Waals surface area contributed by atoms with Crippen molar-refractivity contribution in [3.05, 3.63) is 0 Å². The zero-order chi connectivity index (χ0) is 11.4. The van der Waals surface area contributed by atoms with Crippen LogP contribution in [0.5, 0.6) is 0 Å². The molecule has 1 N–H and O–H groups in total. The van der Waals surface area contributed by atoms with Crippen LogP contribution < -0.4 is 5.32 Å². The van der Waals surface area contributed by atoms with Crippen molar-refractivity contribution < 1.29 is 4.79 Å². The van der Waals surface area contributed by atoms with E-state index >= 15 is 0 Å². The SMILES string of the molecule is CCCCC1NCN(CCC2CCC2)C1=O. The van der Waals surface area contributed by atoms with Crippen molar-refractivity contribution in [3.63, 3.8) is 0 Å². The van der Waals surface area contributed by atoms with Gasteiger partial charge in [-0.1, -0.05) is 39.0 Å². The van der Waals surface area contributed by atoms with E-state index in [2.05, 4.69) is 12.2 Å². The Labute approximate surface area is 98.6 Å². The highest BCUT2D eigenvalue weighted by atomic mass is 16.2. The molecule has 1 aliphatic heterocycles. The maximum atomic E-state index is 12.0. The van der Waals surface area contributed by atoms with Crippen LogP contribution in [0.25, 0.3) is 0 Å². The quantitative estimate of drug-likeness (QED) is 0.749. The Morgan fingerprint density at radius 1 is 1.38 bits per heavy atom. The summed E-state index contributed by atoms with van der Waals surface area (Å²) in [5.41, 5.74) is 0. The molecular weight excluding hydrogens is 200 g/mol. The minimum atomic E-state index is 0.112. The molecule has 0 aromatic rings. The van der Waals surface area contributed by atoms with Gasteiger partial charge in [-0.25, -0.2) is 0 Å². The fraction of sp³-hybridized carbons (Fsp3) is 0.923. The number of hydrogen-bond acceptors (Lipinski definition) is 2. The Balaban J connectivity index is 1.68. The molecule has 2 fully saturated rings. The Kier molecular flexibility index (Phi) is 4.22. The van der Waals surface area contributed by atoms with Crippen LogP contribution in [0, 0.1) is 5.92 Å². The molecule has 2 aliphatic rings. The molecule has 0 bridgehead atoms. The third kappa shape index (κ3) is 2.76. The zero-order valence-electron chi connectivity index (χ0n) is 10.4. The van der Waals surface area contributed by atoms with Gasteiger partial charge in [0.05, 0.1) is 12.7 Å². The molecule has 3 nitrogen and oxygen atoms in total. The molecule has 0 aromatic heterocycles. The first kappa shape index (κ1) is 11.9. The highest BCUT2D eigenvalue weighted by molar-refractivity contribution is 5.83. The lowest BCUT2D eigenvalue weighted by atomic mass is 9.83. The largest absolute Gasteiger partial charge is 0.329 e. The molecule has 1 saturated heterocycles. The van der Waals surface area contributed by atoms with Crippen molar-refractivity contribution in [1.29, 1.82) is 0 Å². The van der Waals surface area contributed by atoms with E-state index in [-0.39, 0.29) is 6.04 Å². The number of carbonyl (C=O) groups is 1. The smallest absolute Gasteiger partial charge is 0.240 e. The molecule has 3 heteroatoms. The highest BCUT2D eigenvalue weighted by Gasteiger charge is 2.30. The van der Waals surface area contributed by atoms with Crippen LogP contribution in [0.15, 0.2) is 0 Å². The normalized spacial score (nSPS) is 26.2. The first-order valence-corrected chi connectivity index (χ1v) is 6.83. The van der Waals surface area contributed by atoms with Gasteiger partial charge in [-0.05, 0) is 18.8 Å². The predicted molar refractivity (Wildman–Crippen MR) is 65.0 cm³/mol. The monoisotopic (exact) mass is 224 g/mol. The van der Waals surface area contributed by atoms with E-state index in [1.807, 2.05) is 4.90 Å². The van der Waals surface area contributed by atoms with Crippen molar-refractivity contribution in [2.45, 2.75) is 57.9 Å². The van der Waals surface area contributed by atoms with Crippen molar-refractivity contribution >= 4 is 5.91 Å². The van der Waals surface area contributed by atoms with Gasteiger partial charge >= 0.3 is 0 Å². The predicted octanol–water partition coefficient (Wildman–Crippen LogP) is 2.12. The van der Waals surface area contributed by atoms with Gasteiger partial charge in [-0.3, -0.25) is 10.1 Å². The summed E-state index contributed by atoms with van der Waals surface area (Å²) in [6.07, 6.45) is 8.72. The molecular formula is C13H24N2O. The van der Waals surface area contributed by atoms with Gasteiger partial charge in [0.25, 0.3) is 0 Å². The average Bonchev–Trinajstić information content (AvgIpc) is 2.55. The number of rotatable bonds is 6. The molecule has 0 aromatic carbocycles. The maximum absolute atomic E-state index is 12.0. The first-order chi connectivity index (χ1) is 7.81. The Hall–Kier alpha value is -0.570. The maximum Gasteiger partial charge on any atom is 0.240 e. The molecule has 1 amide bonds. The number of nitrogens with one attached hydrogen (secondary N) is 1. The first-order valence-electron chi connectivity index (χ1n) is 6.83. The van der Waals surface area contributed by atoms with Gasteiger partial charge in [-0.2, -0.15) is 0 Å². The van der Waals surface area contributed by atoms with Crippen LogP contribution >= 0.6 is 0 Å². The van der Waals surface area contributed by atoms with Gasteiger partial charge in [0.1, 0.15) is 0 Å². The van der Waals surface area contributed by atoms with Crippen LogP contribution in [0.3, 0.4) is 0 Å². The molecule has 1 aliphatic carbocycles. The van der Waals surface area contributed by atoms with Crippen LogP contribution in [0.1, 0.15) is 51.9 Å². The summed E-state index contributed by atoms with van der Waals surface area (Å²) >= 11 is 0. The number of carbonyl (C=O) groups excluding carboxylic acids is 1. The molecule has 2 rings (SSSR count). The van der Waals surface area contributed by atoms with E-state index in [4.69, 9.17) is 0 Å². The van der Waals surface area contributed by atoms with E-state index in [1.54, 1.807) is 0 Å². The van der Waals surface area contributed by atoms with E-state index in [1.165, 1.54) is 32.1 Å². The van der Waals surface area contributed by atoms with Crippen LogP contribution in [0.4, 0.5) is 0 Å². The summed E-state index contributed by atoms with van der Waals surface area (Å²) in [4.78, 5) is 14.0. The lowest BCUT2D eigenvalue weighted by molar-refractivity contribution is -0.129. The minimum Gasteiger partial charge on any atom is -0.329 e. The molecule has 1 heterocycles. The van der Waals surface area contributed by atoms with Crippen molar-refractivity contribution in [3.8, 4) is 0 Å². The van der Waals surface area contributed by atoms with Crippen LogP contribution in [-0.4, -0.2) is 30.1 Å². The lowest BCUT2D eigenvalue weighted by Gasteiger charge is -2.27. The Bertz CT molecular complexity index is 238. The summed E-state index contributed by atoms with van der Waals surface area (Å²) in [6, 6.07) is 0.112. The van der Waals surface area contributed by atoms with Crippen LogP contribution in [0.2, 0.25) is 0 Å². The number of unbranched alkanes of at least 4 members (excludes halogenated alkanes) is 1. The zero-order valence-corrected chi connectivity index (χ0v) is 10.4. The van der Waals surface area contributed by atoms with Gasteiger partial charge in [0, 0.05) is 6.54 Å². The van der Waals surface area contributed by atoms with Crippen molar-refractivity contribution in [1.82, 2.24) is 10.2 Å². The number of nitrogens with zero attached hydrogens (tertiary/aromatic N) is 1. The molecule has 1 saturated carbocycles. The molecule has 16 heavy (non-hydrogen) atoms. The fourth-order valence-corrected chi connectivity index (χ4v) is 2.55. The van der Waals surface area contributed by atoms with Gasteiger partial charge in [0.15, 0.2) is 0 Å². The third-order valence-corrected chi connectivity index (χ3v) is 4.02. The second-order valence-electron chi connectivity index (χ2n) is 5.24. The standard InChI is InChI=1S/C13H24N2O/c1-2-3-7-12-13(16)15(10-14-12)9-8-11-5-4-6-11/h11-12,14H,2-10H2,1H3. The topological polar surface area (TPSA) is 32.3 Å². The van der Waals surface area contributed by atoms with Crippen molar-refractivity contribution in [2.75, 3.05) is 13.2 Å². The second-order valence-corrected chi connectivity index (χ2v) is 5.24. The highest BCUT2D eigenvalue weighted by Crippen LogP contribution is 2.29. The lowest BCUT2D eigenvalue weighted by Crippen LogP contribution is -2.32. The average molecular weight is 224 g/mol. The summed E-state index contributed by atoms with van der Waals surface area (Å²) in [7, 11) is 0. The summed E-state index contributed by atoms with van der Waals surface area (Å²) < 4.78 is 0. The second kappa shape index (κ2) is 5.67. The van der Waals surface area contributed by atoms with Crippen molar-refractivity contribution in [2.24, 2.45) is 5.92 Å². The summed E-state index contributed by atoms with van der Waals surface area (Å²) in [5.74, 6) is 1.25. The van der Waals surface area contributed by atoms with Crippen LogP contribution in [-0.2, 0) is 4.79 Å². The Morgan fingerprint density at radius 2 is 2.19 bits per heavy atom. The number of amides is 1. The molecule has 0 spiro atoms. The summed E-state index contributed by atoms with van der Waals surface area (Å²) in [5, 5.41) is 3.33. The van der Waals surface area contributed by atoms with Gasteiger partial charge < -0.3 is 4.90 Å². The van der Waals surface area contributed by atoms with Gasteiger partial charge in [0.2, 0.25) is 5.91 Å². The molecule has 0 radical (unpaired) electrons. The number of hydrogen-bond donors (Lipinski definition) is 1. The minimum absolute atomic E-state index is 0.112. The van der Waals surface area contributed by atoms with E-state index < -0.39 is 0 Å². The molecule has 92 valence electrons. The molecule has 1 atom stereocenters. The van der Waals surface area contributed by atoms with Gasteiger partial charge in [-0.15, -0.1) is 0 Å².